The molecule has 0 heterocycles. The Morgan fingerprint density at radius 2 is 0.551 bits per heavy atom. The normalized spacial score (nSPS) is 13.1. The summed E-state index contributed by atoms with van der Waals surface area (Å²) in [5, 5.41) is 0. The van der Waals surface area contributed by atoms with Crippen LogP contribution in [0.2, 0.25) is 0 Å². The number of carbonyl (C=O) groups excluding carboxylic acids is 3. The zero-order chi connectivity index (χ0) is 56.4. The summed E-state index contributed by atoms with van der Waals surface area (Å²) in [4.78, 5) is 38.2. The molecule has 78 heavy (non-hydrogen) atoms. The molecule has 0 amide bonds. The van der Waals surface area contributed by atoms with E-state index in [2.05, 4.69) is 154 Å². The second-order valence-corrected chi connectivity index (χ2v) is 20.6. The van der Waals surface area contributed by atoms with Crippen LogP contribution >= 0.6 is 0 Å². The van der Waals surface area contributed by atoms with Crippen LogP contribution in [0.25, 0.3) is 0 Å². The number of carbonyl (C=O) groups is 3. The van der Waals surface area contributed by atoms with E-state index in [0.717, 1.165) is 122 Å². The average molecular weight is 1080 g/mol. The molecule has 6 nitrogen and oxygen atoms in total. The summed E-state index contributed by atoms with van der Waals surface area (Å²) < 4.78 is 16.8. The number of unbranched alkanes of at least 4 members (excludes halogenated alkanes) is 22. The molecule has 1 unspecified atom stereocenters. The second kappa shape index (κ2) is 64.8. The molecule has 1 atom stereocenters. The Labute approximate surface area is 480 Å². The van der Waals surface area contributed by atoms with E-state index in [1.165, 1.54) is 109 Å². The van der Waals surface area contributed by atoms with Gasteiger partial charge < -0.3 is 14.2 Å². The quantitative estimate of drug-likeness (QED) is 0.0261. The third kappa shape index (κ3) is 62.1. The summed E-state index contributed by atoms with van der Waals surface area (Å²) in [6, 6.07) is 0. The Morgan fingerprint density at radius 1 is 0.282 bits per heavy atom. The summed E-state index contributed by atoms with van der Waals surface area (Å²) in [6.07, 6.45) is 93.0. The van der Waals surface area contributed by atoms with E-state index in [-0.39, 0.29) is 31.6 Å². The number of ether oxygens (including phenoxy) is 3. The Balaban J connectivity index is 4.42. The van der Waals surface area contributed by atoms with Crippen molar-refractivity contribution in [1.29, 1.82) is 0 Å². The van der Waals surface area contributed by atoms with E-state index in [4.69, 9.17) is 14.2 Å². The predicted molar refractivity (Wildman–Crippen MR) is 339 cm³/mol. The van der Waals surface area contributed by atoms with Crippen LogP contribution in [0.3, 0.4) is 0 Å². The Bertz CT molecular complexity index is 1710. The van der Waals surface area contributed by atoms with E-state index in [9.17, 15) is 14.4 Å². The van der Waals surface area contributed by atoms with Crippen molar-refractivity contribution in [2.75, 3.05) is 13.2 Å². The number of hydrogen-bond acceptors (Lipinski definition) is 6. The molecular formula is C72H116O6. The predicted octanol–water partition coefficient (Wildman–Crippen LogP) is 21.9. The van der Waals surface area contributed by atoms with Crippen molar-refractivity contribution in [1.82, 2.24) is 0 Å². The molecule has 0 aliphatic heterocycles. The van der Waals surface area contributed by atoms with Gasteiger partial charge in [0, 0.05) is 12.8 Å². The lowest BCUT2D eigenvalue weighted by molar-refractivity contribution is -0.166. The summed E-state index contributed by atoms with van der Waals surface area (Å²) in [5.41, 5.74) is 0. The molecule has 0 radical (unpaired) electrons. The number of rotatable bonds is 56. The van der Waals surface area contributed by atoms with Crippen LogP contribution in [0.1, 0.15) is 271 Å². The van der Waals surface area contributed by atoms with Gasteiger partial charge in [0.1, 0.15) is 13.2 Å². The highest BCUT2D eigenvalue weighted by atomic mass is 16.6. The van der Waals surface area contributed by atoms with Crippen molar-refractivity contribution < 1.29 is 28.6 Å². The van der Waals surface area contributed by atoms with Crippen molar-refractivity contribution in [2.24, 2.45) is 0 Å². The molecule has 0 aromatic carbocycles. The first-order valence-electron chi connectivity index (χ1n) is 31.8. The average Bonchev–Trinajstić information content (AvgIpc) is 3.44. The van der Waals surface area contributed by atoms with E-state index in [1.807, 2.05) is 6.08 Å². The van der Waals surface area contributed by atoms with Crippen molar-refractivity contribution >= 4 is 17.9 Å². The molecular weight excluding hydrogens is 961 g/mol. The molecule has 0 bridgehead atoms. The topological polar surface area (TPSA) is 78.9 Å². The molecule has 0 fully saturated rings. The largest absolute Gasteiger partial charge is 0.462 e. The van der Waals surface area contributed by atoms with Crippen molar-refractivity contribution in [3.8, 4) is 0 Å². The molecule has 0 spiro atoms. The maximum atomic E-state index is 12.9. The molecule has 0 aliphatic carbocycles. The lowest BCUT2D eigenvalue weighted by Crippen LogP contribution is -2.30. The first-order valence-corrected chi connectivity index (χ1v) is 31.8. The molecule has 0 aliphatic rings. The number of allylic oxidation sites excluding steroid dienone is 23. The Morgan fingerprint density at radius 3 is 0.897 bits per heavy atom. The first kappa shape index (κ1) is 73.3. The van der Waals surface area contributed by atoms with Crippen molar-refractivity contribution in [3.05, 3.63) is 146 Å². The number of esters is 3. The summed E-state index contributed by atoms with van der Waals surface area (Å²) in [7, 11) is 0. The van der Waals surface area contributed by atoms with Gasteiger partial charge >= 0.3 is 17.9 Å². The minimum atomic E-state index is -0.827. The fourth-order valence-electron chi connectivity index (χ4n) is 8.44. The highest BCUT2D eigenvalue weighted by Crippen LogP contribution is 2.16. The molecule has 0 aromatic heterocycles. The van der Waals surface area contributed by atoms with E-state index in [1.54, 1.807) is 6.08 Å². The Kier molecular flexibility index (Phi) is 60.9. The molecule has 6 heteroatoms. The van der Waals surface area contributed by atoms with Gasteiger partial charge in [0.05, 0.1) is 6.42 Å². The molecule has 0 aromatic rings. The second-order valence-electron chi connectivity index (χ2n) is 20.6. The van der Waals surface area contributed by atoms with Gasteiger partial charge in [0.2, 0.25) is 0 Å². The van der Waals surface area contributed by atoms with Gasteiger partial charge in [-0.3, -0.25) is 14.4 Å². The van der Waals surface area contributed by atoms with E-state index < -0.39 is 12.1 Å². The van der Waals surface area contributed by atoms with E-state index >= 15 is 0 Å². The summed E-state index contributed by atoms with van der Waals surface area (Å²) in [5.74, 6) is -1.06. The zero-order valence-electron chi connectivity index (χ0n) is 50.4. The molecule has 0 rings (SSSR count). The highest BCUT2D eigenvalue weighted by Gasteiger charge is 2.19. The third-order valence-electron chi connectivity index (χ3n) is 13.1. The smallest absolute Gasteiger partial charge is 0.309 e. The van der Waals surface area contributed by atoms with Crippen LogP contribution in [0, 0.1) is 0 Å². The van der Waals surface area contributed by atoms with Gasteiger partial charge in [-0.1, -0.05) is 295 Å². The van der Waals surface area contributed by atoms with Gasteiger partial charge in [-0.15, -0.1) is 0 Å². The minimum Gasteiger partial charge on any atom is -0.462 e. The summed E-state index contributed by atoms with van der Waals surface area (Å²) >= 11 is 0. The van der Waals surface area contributed by atoms with Crippen LogP contribution < -0.4 is 0 Å². The lowest BCUT2D eigenvalue weighted by Gasteiger charge is -2.18. The number of hydrogen-bond donors (Lipinski definition) is 0. The van der Waals surface area contributed by atoms with Crippen LogP contribution in [-0.2, 0) is 28.6 Å². The van der Waals surface area contributed by atoms with Crippen LogP contribution in [0.4, 0.5) is 0 Å². The van der Waals surface area contributed by atoms with Crippen molar-refractivity contribution in [3.63, 3.8) is 0 Å². The highest BCUT2D eigenvalue weighted by molar-refractivity contribution is 5.72. The van der Waals surface area contributed by atoms with Crippen LogP contribution in [-0.4, -0.2) is 37.2 Å². The van der Waals surface area contributed by atoms with Crippen LogP contribution in [0.15, 0.2) is 146 Å². The van der Waals surface area contributed by atoms with Gasteiger partial charge in [-0.05, 0) is 103 Å². The SMILES string of the molecule is CC/C=C\C/C=C\C/C=C\C/C=C\C/C=C\C/C=C\C/C=C\CCCCCCCCCC(=O)OCC(COC(=O)C/C=C\C/C=C\C/C=C\C/C=C\C/C=C\CC)OC(=O)CCCCCCCCCCCCCCCCCC. The zero-order valence-corrected chi connectivity index (χ0v) is 50.4. The first-order chi connectivity index (χ1) is 38.5. The van der Waals surface area contributed by atoms with Gasteiger partial charge in [0.15, 0.2) is 6.10 Å². The van der Waals surface area contributed by atoms with Gasteiger partial charge in [-0.25, -0.2) is 0 Å². The Hall–Kier alpha value is -4.71. The maximum absolute atomic E-state index is 12.9. The molecule has 0 saturated carbocycles. The monoisotopic (exact) mass is 1080 g/mol. The van der Waals surface area contributed by atoms with Gasteiger partial charge in [-0.2, -0.15) is 0 Å². The van der Waals surface area contributed by atoms with Gasteiger partial charge in [0.25, 0.3) is 0 Å². The molecule has 0 saturated heterocycles. The fraction of sp³-hybridized carbons (Fsp3) is 0.625. The standard InChI is InChI=1S/C72H116O6/c1-4-7-10-13-16-19-22-25-28-30-31-32-33-34-35-36-37-38-39-40-41-42-45-47-50-53-56-59-62-65-71(74)77-68-69(67-76-70(73)64-61-58-55-52-49-46-43-27-24-21-18-15-12-9-6-3)78-72(75)66-63-60-57-54-51-48-44-29-26-23-20-17-14-11-8-5-2/h7,9-10,12,16,18-19,21,25,27-28,31-32,34-35,37-38,40-41,43,49,52,58,61,69H,4-6,8,11,13-15,17,20,22-24,26,29-30,33,36,39,42,44-48,50-51,53-57,59-60,62-68H2,1-3H3/b10-7-,12-9-,19-16-,21-18-,28-25-,32-31-,35-34-,38-37-,41-40-,43-27-,52-49-,61-58-. The fourth-order valence-corrected chi connectivity index (χ4v) is 8.44. The van der Waals surface area contributed by atoms with Crippen molar-refractivity contribution in [2.45, 2.75) is 277 Å². The molecule has 440 valence electrons. The van der Waals surface area contributed by atoms with Crippen LogP contribution in [0.5, 0.6) is 0 Å². The minimum absolute atomic E-state index is 0.117. The molecule has 0 N–H and O–H groups in total. The van der Waals surface area contributed by atoms with E-state index in [0.29, 0.717) is 12.8 Å². The summed E-state index contributed by atoms with van der Waals surface area (Å²) in [6.45, 7) is 6.32. The third-order valence-corrected chi connectivity index (χ3v) is 13.1. The maximum Gasteiger partial charge on any atom is 0.309 e. The lowest BCUT2D eigenvalue weighted by atomic mass is 10.0.